The van der Waals surface area contributed by atoms with Gasteiger partial charge in [0.05, 0.1) is 0 Å². The van der Waals surface area contributed by atoms with E-state index in [-0.39, 0.29) is 6.54 Å². The third-order valence-corrected chi connectivity index (χ3v) is 2.07. The highest BCUT2D eigenvalue weighted by atomic mass is 16.4. The van der Waals surface area contributed by atoms with Crippen LogP contribution in [-0.2, 0) is 6.54 Å². The monoisotopic (exact) mass is 226 g/mol. The van der Waals surface area contributed by atoms with Gasteiger partial charge in [-0.25, -0.2) is 9.59 Å². The van der Waals surface area contributed by atoms with E-state index in [2.05, 4.69) is 0 Å². The van der Waals surface area contributed by atoms with Crippen LogP contribution in [0.25, 0.3) is 0 Å². The summed E-state index contributed by atoms with van der Waals surface area (Å²) in [5, 5.41) is 8.91. The molecule has 1 aromatic heterocycles. The summed E-state index contributed by atoms with van der Waals surface area (Å²) in [5.41, 5.74) is -2.88. The van der Waals surface area contributed by atoms with Crippen molar-refractivity contribution in [2.45, 2.75) is 20.4 Å². The van der Waals surface area contributed by atoms with E-state index < -0.39 is 34.3 Å². The number of carboxylic acids is 1. The first-order chi connectivity index (χ1) is 7.40. The molecule has 0 atom stereocenters. The molecule has 0 unspecified atom stereocenters. The van der Waals surface area contributed by atoms with E-state index in [9.17, 15) is 19.2 Å². The molecule has 0 amide bonds. The number of rotatable bonds is 3. The van der Waals surface area contributed by atoms with Gasteiger partial charge in [-0.2, -0.15) is 0 Å². The zero-order valence-corrected chi connectivity index (χ0v) is 8.73. The number of ketones is 1. The van der Waals surface area contributed by atoms with E-state index in [0.717, 1.165) is 11.5 Å². The fraction of sp³-hybridized carbons (Fsp3) is 0.333. The Hall–Kier alpha value is -2.18. The predicted octanol–water partition coefficient (Wildman–Crippen LogP) is -0.543. The lowest BCUT2D eigenvalue weighted by Gasteiger charge is -2.08. The highest BCUT2D eigenvalue weighted by molar-refractivity contribution is 6.03. The molecular formula is C9H10N2O5. The SMILES string of the molecule is CCn1c(C(=O)O)c(C(C)=O)c(=O)[nH]c1=O. The molecule has 0 aliphatic carbocycles. The third kappa shape index (κ3) is 1.79. The van der Waals surface area contributed by atoms with Crippen molar-refractivity contribution < 1.29 is 14.7 Å². The Labute approximate surface area is 89.3 Å². The van der Waals surface area contributed by atoms with Crippen molar-refractivity contribution in [1.82, 2.24) is 9.55 Å². The second kappa shape index (κ2) is 4.13. The molecule has 0 bridgehead atoms. The molecule has 7 nitrogen and oxygen atoms in total. The van der Waals surface area contributed by atoms with Gasteiger partial charge in [-0.1, -0.05) is 0 Å². The largest absolute Gasteiger partial charge is 0.477 e. The third-order valence-electron chi connectivity index (χ3n) is 2.07. The number of carbonyl (C=O) groups is 2. The van der Waals surface area contributed by atoms with Crippen molar-refractivity contribution in [2.75, 3.05) is 0 Å². The molecule has 7 heteroatoms. The highest BCUT2D eigenvalue weighted by Gasteiger charge is 2.22. The lowest BCUT2D eigenvalue weighted by atomic mass is 10.1. The van der Waals surface area contributed by atoms with Crippen molar-refractivity contribution in [3.05, 3.63) is 32.1 Å². The molecule has 86 valence electrons. The molecule has 2 N–H and O–H groups in total. The number of carboxylic acid groups (broad SMARTS) is 1. The number of hydrogen-bond acceptors (Lipinski definition) is 4. The second-order valence-electron chi connectivity index (χ2n) is 3.09. The van der Waals surface area contributed by atoms with E-state index in [1.54, 1.807) is 0 Å². The van der Waals surface area contributed by atoms with Crippen molar-refractivity contribution in [3.63, 3.8) is 0 Å². The number of hydrogen-bond donors (Lipinski definition) is 2. The van der Waals surface area contributed by atoms with Crippen LogP contribution in [-0.4, -0.2) is 26.4 Å². The summed E-state index contributed by atoms with van der Waals surface area (Å²) >= 11 is 0. The van der Waals surface area contributed by atoms with E-state index in [4.69, 9.17) is 5.11 Å². The summed E-state index contributed by atoms with van der Waals surface area (Å²) in [5.74, 6) is -2.17. The van der Waals surface area contributed by atoms with Crippen molar-refractivity contribution in [3.8, 4) is 0 Å². The molecule has 0 aliphatic heterocycles. The first-order valence-corrected chi connectivity index (χ1v) is 4.51. The smallest absolute Gasteiger partial charge is 0.353 e. The lowest BCUT2D eigenvalue weighted by Crippen LogP contribution is -2.38. The Morgan fingerprint density at radius 1 is 1.38 bits per heavy atom. The Kier molecular flexibility index (Phi) is 3.07. The number of Topliss-reactive ketones (excluding diaryl/α,β-unsaturated/α-hetero) is 1. The minimum absolute atomic E-state index is 0.0531. The molecule has 0 radical (unpaired) electrons. The molecule has 0 aromatic carbocycles. The van der Waals surface area contributed by atoms with Gasteiger partial charge in [0.2, 0.25) is 0 Å². The van der Waals surface area contributed by atoms with Crippen LogP contribution in [0.3, 0.4) is 0 Å². The van der Waals surface area contributed by atoms with Crippen LogP contribution >= 0.6 is 0 Å². The number of H-pyrrole nitrogens is 1. The number of aromatic amines is 1. The normalized spacial score (nSPS) is 10.1. The average molecular weight is 226 g/mol. The van der Waals surface area contributed by atoms with Gasteiger partial charge in [-0.15, -0.1) is 0 Å². The maximum Gasteiger partial charge on any atom is 0.353 e. The number of aromatic nitrogens is 2. The molecule has 1 aromatic rings. The maximum absolute atomic E-state index is 11.3. The molecule has 0 saturated heterocycles. The second-order valence-corrected chi connectivity index (χ2v) is 3.09. The summed E-state index contributed by atoms with van der Waals surface area (Å²) in [4.78, 5) is 46.6. The zero-order valence-electron chi connectivity index (χ0n) is 8.73. The molecule has 0 spiro atoms. The fourth-order valence-corrected chi connectivity index (χ4v) is 1.42. The van der Waals surface area contributed by atoms with Crippen LogP contribution in [0.1, 0.15) is 34.7 Å². The fourth-order valence-electron chi connectivity index (χ4n) is 1.42. The number of nitrogens with zero attached hydrogens (tertiary/aromatic N) is 1. The summed E-state index contributed by atoms with van der Waals surface area (Å²) in [6, 6.07) is 0. The zero-order chi connectivity index (χ0) is 12.5. The predicted molar refractivity (Wildman–Crippen MR) is 54.0 cm³/mol. The lowest BCUT2D eigenvalue weighted by molar-refractivity contribution is 0.0677. The number of carbonyl (C=O) groups excluding carboxylic acids is 1. The first-order valence-electron chi connectivity index (χ1n) is 4.51. The highest BCUT2D eigenvalue weighted by Crippen LogP contribution is 2.02. The average Bonchev–Trinajstić information content (AvgIpc) is 2.15. The Morgan fingerprint density at radius 2 is 1.94 bits per heavy atom. The topological polar surface area (TPSA) is 109 Å². The standard InChI is InChI=1S/C9H10N2O5/c1-3-11-6(8(14)15)5(4(2)12)7(13)10-9(11)16/h3H2,1-2H3,(H,14,15)(H,10,13,16). The van der Waals surface area contributed by atoms with Gasteiger partial charge in [-0.05, 0) is 13.8 Å². The summed E-state index contributed by atoms with van der Waals surface area (Å²) in [7, 11) is 0. The van der Waals surface area contributed by atoms with Crippen molar-refractivity contribution in [2.24, 2.45) is 0 Å². The molecule has 16 heavy (non-hydrogen) atoms. The Bertz CT molecular complexity index is 566. The Morgan fingerprint density at radius 3 is 2.31 bits per heavy atom. The van der Waals surface area contributed by atoms with Gasteiger partial charge in [0.15, 0.2) is 5.78 Å². The van der Waals surface area contributed by atoms with Gasteiger partial charge < -0.3 is 5.11 Å². The molecular weight excluding hydrogens is 216 g/mol. The molecule has 0 aliphatic rings. The van der Waals surface area contributed by atoms with Crippen LogP contribution in [0, 0.1) is 0 Å². The van der Waals surface area contributed by atoms with Crippen molar-refractivity contribution >= 4 is 11.8 Å². The number of aromatic carboxylic acids is 1. The van der Waals surface area contributed by atoms with Crippen LogP contribution in [0.4, 0.5) is 0 Å². The van der Waals surface area contributed by atoms with E-state index >= 15 is 0 Å². The minimum atomic E-state index is -1.48. The summed E-state index contributed by atoms with van der Waals surface area (Å²) < 4.78 is 0.834. The number of nitrogens with one attached hydrogen (secondary N) is 1. The van der Waals surface area contributed by atoms with Crippen molar-refractivity contribution in [1.29, 1.82) is 0 Å². The minimum Gasteiger partial charge on any atom is -0.477 e. The maximum atomic E-state index is 11.3. The summed E-state index contributed by atoms with van der Waals surface area (Å²) in [6.45, 7) is 2.66. The van der Waals surface area contributed by atoms with Crippen LogP contribution in [0.2, 0.25) is 0 Å². The van der Waals surface area contributed by atoms with Gasteiger partial charge in [0.1, 0.15) is 11.3 Å². The van der Waals surface area contributed by atoms with Gasteiger partial charge in [0, 0.05) is 6.54 Å². The van der Waals surface area contributed by atoms with Crippen LogP contribution < -0.4 is 11.2 Å². The van der Waals surface area contributed by atoms with Gasteiger partial charge in [0.25, 0.3) is 5.56 Å². The first kappa shape index (κ1) is 11.9. The van der Waals surface area contributed by atoms with Gasteiger partial charge in [-0.3, -0.25) is 19.1 Å². The van der Waals surface area contributed by atoms with E-state index in [1.807, 2.05) is 4.98 Å². The van der Waals surface area contributed by atoms with E-state index in [1.165, 1.54) is 6.92 Å². The quantitative estimate of drug-likeness (QED) is 0.672. The van der Waals surface area contributed by atoms with Crippen LogP contribution in [0.15, 0.2) is 9.59 Å². The molecule has 1 heterocycles. The van der Waals surface area contributed by atoms with Gasteiger partial charge >= 0.3 is 11.7 Å². The Balaban J connectivity index is 3.87. The van der Waals surface area contributed by atoms with E-state index in [0.29, 0.717) is 0 Å². The summed E-state index contributed by atoms with van der Waals surface area (Å²) in [6.07, 6.45) is 0. The van der Waals surface area contributed by atoms with Crippen LogP contribution in [0.5, 0.6) is 0 Å². The molecule has 0 fully saturated rings. The molecule has 0 saturated carbocycles. The molecule has 1 rings (SSSR count).